The predicted octanol–water partition coefficient (Wildman–Crippen LogP) is 13.3. The van der Waals surface area contributed by atoms with Crippen LogP contribution in [0, 0.1) is 11.3 Å². The lowest BCUT2D eigenvalue weighted by molar-refractivity contribution is -0.132. The van der Waals surface area contributed by atoms with Gasteiger partial charge in [0.2, 0.25) is 0 Å². The van der Waals surface area contributed by atoms with Gasteiger partial charge in [-0.25, -0.2) is 4.79 Å². The summed E-state index contributed by atoms with van der Waals surface area (Å²) < 4.78 is 0. The molecule has 1 aliphatic carbocycles. The number of aliphatic carboxylic acids is 1. The molecule has 0 amide bonds. The van der Waals surface area contributed by atoms with E-state index in [1.54, 1.807) is 17.4 Å². The summed E-state index contributed by atoms with van der Waals surface area (Å²) in [5, 5.41) is 18.4. The first-order valence-electron chi connectivity index (χ1n) is 17.9. The van der Waals surface area contributed by atoms with Gasteiger partial charge in [-0.1, -0.05) is 81.4 Å². The van der Waals surface area contributed by atoms with Crippen LogP contribution in [-0.2, 0) is 10.2 Å². The Morgan fingerprint density at radius 3 is 2.12 bits per heavy atom. The number of rotatable bonds is 10. The minimum atomic E-state index is -1.21. The van der Waals surface area contributed by atoms with Crippen molar-refractivity contribution in [2.75, 3.05) is 11.4 Å². The van der Waals surface area contributed by atoms with Gasteiger partial charge in [-0.2, -0.15) is 5.26 Å². The molecule has 0 fully saturated rings. The van der Waals surface area contributed by atoms with E-state index in [4.69, 9.17) is 0 Å². The molecule has 2 aliphatic rings. The molecular formula is C45H38N2O2S3. The summed E-state index contributed by atoms with van der Waals surface area (Å²) >= 11 is 5.12. The van der Waals surface area contributed by atoms with Crippen molar-refractivity contribution in [1.29, 1.82) is 5.26 Å². The summed E-state index contributed by atoms with van der Waals surface area (Å²) in [5.41, 5.74) is 11.5. The van der Waals surface area contributed by atoms with Crippen molar-refractivity contribution in [2.45, 2.75) is 61.7 Å². The number of carboxylic acid groups (broad SMARTS) is 1. The van der Waals surface area contributed by atoms with E-state index in [2.05, 4.69) is 117 Å². The van der Waals surface area contributed by atoms with Gasteiger partial charge in [0.1, 0.15) is 11.6 Å². The summed E-state index contributed by atoms with van der Waals surface area (Å²) in [6.07, 6.45) is 5.80. The van der Waals surface area contributed by atoms with Crippen LogP contribution in [0.25, 0.3) is 48.5 Å². The van der Waals surface area contributed by atoms with Gasteiger partial charge in [0.25, 0.3) is 0 Å². The number of para-hydroxylation sites is 1. The quantitative estimate of drug-likeness (QED) is 0.112. The number of thiophene rings is 2. The van der Waals surface area contributed by atoms with E-state index < -0.39 is 5.97 Å². The first kappa shape index (κ1) is 34.2. The molecule has 0 saturated heterocycles. The van der Waals surface area contributed by atoms with Crippen LogP contribution in [0.15, 0.2) is 118 Å². The highest BCUT2D eigenvalue weighted by molar-refractivity contribution is 7.99. The molecule has 3 heterocycles. The Morgan fingerprint density at radius 2 is 1.38 bits per heavy atom. The molecular weight excluding hydrogens is 697 g/mol. The van der Waals surface area contributed by atoms with Crippen molar-refractivity contribution in [1.82, 2.24) is 0 Å². The fraction of sp³-hybridized carbons (Fsp3) is 0.200. The largest absolute Gasteiger partial charge is 0.477 e. The number of unbranched alkanes of at least 4 members (excludes halogenated alkanes) is 1. The second kappa shape index (κ2) is 13.9. The average molecular weight is 735 g/mol. The highest BCUT2D eigenvalue weighted by Gasteiger charge is 2.41. The maximum atomic E-state index is 11.3. The van der Waals surface area contributed by atoms with Crippen LogP contribution in [0.2, 0.25) is 0 Å². The summed E-state index contributed by atoms with van der Waals surface area (Å²) in [5.74, 6) is -1.21. The number of benzene rings is 4. The van der Waals surface area contributed by atoms with Crippen LogP contribution in [0.5, 0.6) is 0 Å². The van der Waals surface area contributed by atoms with Gasteiger partial charge in [0.05, 0.1) is 11.4 Å². The summed E-state index contributed by atoms with van der Waals surface area (Å²) in [7, 11) is 0. The normalized spacial score (nSPS) is 14.0. The van der Waals surface area contributed by atoms with Crippen LogP contribution in [0.4, 0.5) is 11.4 Å². The Bertz CT molecular complexity index is 2420. The highest BCUT2D eigenvalue weighted by Crippen LogP contribution is 2.55. The lowest BCUT2D eigenvalue weighted by Gasteiger charge is -2.33. The Balaban J connectivity index is 1.12. The second-order valence-corrected chi connectivity index (χ2v) is 16.7. The minimum absolute atomic E-state index is 0.0762. The van der Waals surface area contributed by atoms with Crippen molar-refractivity contribution in [3.8, 4) is 48.5 Å². The number of hydrogen-bond acceptors (Lipinski definition) is 6. The lowest BCUT2D eigenvalue weighted by Crippen LogP contribution is -2.23. The van der Waals surface area contributed by atoms with Crippen LogP contribution in [-0.4, -0.2) is 17.6 Å². The fourth-order valence-corrected chi connectivity index (χ4v) is 11.1. The SMILES string of the molecule is CCCCN1c2ccccc2Sc2cc(-c3ccc4c(c3)C(CC)(CC)c3cc(-c5ccc(-c6ccc(/C=C(/C#N)C(=O)O)s6)s5)ccc3-4)ccc21. The molecule has 8 rings (SSSR count). The molecule has 2 aromatic heterocycles. The summed E-state index contributed by atoms with van der Waals surface area (Å²) in [6.45, 7) is 7.93. The second-order valence-electron chi connectivity index (χ2n) is 13.4. The Hall–Kier alpha value is -4.87. The lowest BCUT2D eigenvalue weighted by atomic mass is 9.73. The van der Waals surface area contributed by atoms with Crippen LogP contribution < -0.4 is 4.90 Å². The Labute approximate surface area is 317 Å². The van der Waals surface area contributed by atoms with Gasteiger partial charge in [0, 0.05) is 41.3 Å². The number of nitriles is 1. The standard InChI is InChI=1S/C45H38N2O2S3/c1-4-7-22-47-37-10-8-9-11-40(37)52-43-26-29(14-18-38(43)47)28-12-16-33-34-17-13-30(25-36(34)45(5-2,6-3)35(33)24-28)39-20-21-42(51-39)41-19-15-32(50-41)23-31(27-46)44(48)49/h8-21,23-26H,4-7,22H2,1-3H3,(H,48,49)/b31-23-. The van der Waals surface area contributed by atoms with Gasteiger partial charge in [-0.3, -0.25) is 0 Å². The zero-order chi connectivity index (χ0) is 36.0. The first-order valence-corrected chi connectivity index (χ1v) is 20.4. The number of nitrogens with zero attached hydrogens (tertiary/aromatic N) is 2. The number of carboxylic acids is 1. The van der Waals surface area contributed by atoms with Crippen LogP contribution in [0.1, 0.15) is 62.5 Å². The van der Waals surface area contributed by atoms with E-state index in [0.29, 0.717) is 0 Å². The molecule has 258 valence electrons. The number of fused-ring (bicyclic) bond motifs is 5. The third-order valence-corrected chi connectivity index (χ3v) is 14.1. The molecule has 0 atom stereocenters. The molecule has 52 heavy (non-hydrogen) atoms. The maximum absolute atomic E-state index is 11.3. The van der Waals surface area contributed by atoms with E-state index in [1.165, 1.54) is 88.8 Å². The highest BCUT2D eigenvalue weighted by atomic mass is 32.2. The predicted molar refractivity (Wildman–Crippen MR) is 219 cm³/mol. The smallest absolute Gasteiger partial charge is 0.346 e. The third kappa shape index (κ3) is 5.80. The molecule has 1 aliphatic heterocycles. The van der Waals surface area contributed by atoms with E-state index >= 15 is 0 Å². The molecule has 0 saturated carbocycles. The summed E-state index contributed by atoms with van der Waals surface area (Å²) in [6, 6.07) is 39.9. The average Bonchev–Trinajstić information content (AvgIpc) is 3.92. The molecule has 4 aromatic carbocycles. The van der Waals surface area contributed by atoms with Crippen molar-refractivity contribution < 1.29 is 9.90 Å². The van der Waals surface area contributed by atoms with Gasteiger partial charge < -0.3 is 10.0 Å². The topological polar surface area (TPSA) is 64.3 Å². The molecule has 7 heteroatoms. The van der Waals surface area contributed by atoms with E-state index in [0.717, 1.165) is 40.4 Å². The van der Waals surface area contributed by atoms with E-state index in [9.17, 15) is 15.2 Å². The van der Waals surface area contributed by atoms with Crippen molar-refractivity contribution >= 4 is 57.9 Å². The van der Waals surface area contributed by atoms with Gasteiger partial charge in [-0.15, -0.1) is 22.7 Å². The Morgan fingerprint density at radius 1 is 0.750 bits per heavy atom. The third-order valence-electron chi connectivity index (χ3n) is 10.7. The van der Waals surface area contributed by atoms with Gasteiger partial charge >= 0.3 is 5.97 Å². The minimum Gasteiger partial charge on any atom is -0.477 e. The summed E-state index contributed by atoms with van der Waals surface area (Å²) in [4.78, 5) is 20.6. The fourth-order valence-electron chi connectivity index (χ4n) is 7.88. The van der Waals surface area contributed by atoms with E-state index in [-0.39, 0.29) is 11.0 Å². The van der Waals surface area contributed by atoms with Gasteiger partial charge in [-0.05, 0) is 125 Å². The molecule has 0 radical (unpaired) electrons. The van der Waals surface area contributed by atoms with Crippen LogP contribution in [0.3, 0.4) is 0 Å². The zero-order valence-electron chi connectivity index (χ0n) is 29.4. The van der Waals surface area contributed by atoms with Gasteiger partial charge in [0.15, 0.2) is 0 Å². The molecule has 1 N–H and O–H groups in total. The monoisotopic (exact) mass is 734 g/mol. The first-order chi connectivity index (χ1) is 25.4. The molecule has 0 spiro atoms. The number of hydrogen-bond donors (Lipinski definition) is 1. The Kier molecular flexibility index (Phi) is 9.17. The molecule has 4 nitrogen and oxygen atoms in total. The van der Waals surface area contributed by atoms with Crippen LogP contribution >= 0.6 is 34.4 Å². The number of carbonyl (C=O) groups is 1. The molecule has 0 bridgehead atoms. The molecule has 0 unspecified atom stereocenters. The van der Waals surface area contributed by atoms with Crippen molar-refractivity contribution in [3.63, 3.8) is 0 Å². The molecule has 6 aromatic rings. The van der Waals surface area contributed by atoms with E-state index in [1.807, 2.05) is 23.9 Å². The maximum Gasteiger partial charge on any atom is 0.346 e. The van der Waals surface area contributed by atoms with Crippen molar-refractivity contribution in [3.05, 3.63) is 125 Å². The zero-order valence-corrected chi connectivity index (χ0v) is 31.9. The number of anilines is 2. The van der Waals surface area contributed by atoms with Crippen molar-refractivity contribution in [2.24, 2.45) is 0 Å².